The van der Waals surface area contributed by atoms with Gasteiger partial charge in [-0.15, -0.1) is 0 Å². The highest BCUT2D eigenvalue weighted by Gasteiger charge is 2.29. The zero-order valence-electron chi connectivity index (χ0n) is 7.04. The molecule has 0 amide bonds. The Kier molecular flexibility index (Phi) is 4.01. The largest absolute Gasteiger partial charge is 0.479 e. The van der Waals surface area contributed by atoms with Gasteiger partial charge in [0.05, 0.1) is 12.4 Å². The number of thiocarbonyl (C=S) groups is 1. The number of ketones is 1. The van der Waals surface area contributed by atoms with E-state index >= 15 is 0 Å². The fraction of sp³-hybridized carbons (Fsp3) is 0.750. The Bertz CT molecular complexity index is 187. The normalized spacial score (nSPS) is 15.8. The number of carbonyl (C=O) groups is 1. The zero-order chi connectivity index (χ0) is 8.97. The van der Waals surface area contributed by atoms with Crippen LogP contribution in [0.15, 0.2) is 0 Å². The summed E-state index contributed by atoms with van der Waals surface area (Å²) >= 11 is 6.20. The predicted molar refractivity (Wildman–Crippen MR) is 54.4 cm³/mol. The van der Waals surface area contributed by atoms with E-state index in [0.29, 0.717) is 28.4 Å². The minimum atomic E-state index is 0.321. The van der Waals surface area contributed by atoms with Gasteiger partial charge in [-0.25, -0.2) is 0 Å². The summed E-state index contributed by atoms with van der Waals surface area (Å²) in [6, 6.07) is 0. The molecular formula is C8H12O2S2. The van der Waals surface area contributed by atoms with Crippen LogP contribution in [0, 0.1) is 5.92 Å². The molecule has 0 radical (unpaired) electrons. The molecule has 4 heteroatoms. The average molecular weight is 204 g/mol. The number of Topliss-reactive ketones (excluding diaryl/α,β-unsaturated/α-hetero) is 1. The molecule has 0 bridgehead atoms. The molecule has 12 heavy (non-hydrogen) atoms. The Morgan fingerprint density at radius 1 is 1.67 bits per heavy atom. The molecule has 0 aliphatic heterocycles. The smallest absolute Gasteiger partial charge is 0.220 e. The maximum atomic E-state index is 11.2. The van der Waals surface area contributed by atoms with E-state index in [2.05, 4.69) is 0 Å². The van der Waals surface area contributed by atoms with Crippen molar-refractivity contribution in [2.75, 3.05) is 12.4 Å². The zero-order valence-corrected chi connectivity index (χ0v) is 8.67. The molecule has 1 saturated carbocycles. The van der Waals surface area contributed by atoms with Crippen LogP contribution >= 0.6 is 24.0 Å². The summed E-state index contributed by atoms with van der Waals surface area (Å²) in [5, 5.41) is 0. The van der Waals surface area contributed by atoms with Crippen LogP contribution in [-0.4, -0.2) is 22.5 Å². The highest BCUT2D eigenvalue weighted by Crippen LogP contribution is 2.31. The molecule has 1 fully saturated rings. The second kappa shape index (κ2) is 4.82. The van der Waals surface area contributed by atoms with E-state index in [9.17, 15) is 4.79 Å². The predicted octanol–water partition coefficient (Wildman–Crippen LogP) is 2.02. The van der Waals surface area contributed by atoms with Gasteiger partial charge >= 0.3 is 0 Å². The molecular weight excluding hydrogens is 192 g/mol. The fourth-order valence-corrected chi connectivity index (χ4v) is 1.80. The van der Waals surface area contributed by atoms with Gasteiger partial charge in [0.1, 0.15) is 5.78 Å². The molecule has 0 aromatic rings. The molecule has 68 valence electrons. The molecule has 1 aliphatic rings. The molecule has 1 aliphatic carbocycles. The Hall–Kier alpha value is -0.0900. The third-order valence-corrected chi connectivity index (χ3v) is 2.88. The van der Waals surface area contributed by atoms with E-state index in [1.54, 1.807) is 0 Å². The summed E-state index contributed by atoms with van der Waals surface area (Å²) in [5.74, 6) is 1.15. The van der Waals surface area contributed by atoms with Gasteiger partial charge in [-0.1, -0.05) is 11.8 Å². The first kappa shape index (κ1) is 9.99. The first-order valence-corrected chi connectivity index (χ1v) is 5.45. The Balaban J connectivity index is 2.07. The standard InChI is InChI=1S/C8H12O2S2/c1-2-10-8(11)12-5-7(9)6-3-4-6/h6H,2-5H2,1H3. The van der Waals surface area contributed by atoms with Crippen molar-refractivity contribution in [2.24, 2.45) is 5.92 Å². The average Bonchev–Trinajstić information content (AvgIpc) is 2.83. The van der Waals surface area contributed by atoms with Crippen LogP contribution < -0.4 is 0 Å². The second-order valence-corrected chi connectivity index (χ2v) is 4.29. The molecule has 0 N–H and O–H groups in total. The third-order valence-electron chi connectivity index (χ3n) is 1.63. The summed E-state index contributed by atoms with van der Waals surface area (Å²) in [6.07, 6.45) is 2.14. The number of hydrogen-bond donors (Lipinski definition) is 0. The van der Waals surface area contributed by atoms with E-state index in [0.717, 1.165) is 12.8 Å². The van der Waals surface area contributed by atoms with Gasteiger partial charge in [-0.05, 0) is 32.0 Å². The van der Waals surface area contributed by atoms with E-state index in [-0.39, 0.29) is 0 Å². The van der Waals surface area contributed by atoms with E-state index in [4.69, 9.17) is 17.0 Å². The summed E-state index contributed by atoms with van der Waals surface area (Å²) in [4.78, 5) is 11.2. The summed E-state index contributed by atoms with van der Waals surface area (Å²) < 4.78 is 5.53. The number of rotatable bonds is 4. The minimum absolute atomic E-state index is 0.321. The summed E-state index contributed by atoms with van der Waals surface area (Å²) in [7, 11) is 0. The molecule has 0 saturated heterocycles. The van der Waals surface area contributed by atoms with E-state index in [1.165, 1.54) is 11.8 Å². The van der Waals surface area contributed by atoms with Crippen molar-refractivity contribution in [3.63, 3.8) is 0 Å². The van der Waals surface area contributed by atoms with Crippen molar-refractivity contribution >= 4 is 34.1 Å². The quantitative estimate of drug-likeness (QED) is 0.654. The highest BCUT2D eigenvalue weighted by molar-refractivity contribution is 8.23. The molecule has 2 nitrogen and oxygen atoms in total. The first-order valence-electron chi connectivity index (χ1n) is 4.06. The topological polar surface area (TPSA) is 26.3 Å². The van der Waals surface area contributed by atoms with Crippen molar-refractivity contribution in [2.45, 2.75) is 19.8 Å². The highest BCUT2D eigenvalue weighted by atomic mass is 32.2. The molecule has 0 heterocycles. The van der Waals surface area contributed by atoms with Gasteiger partial charge < -0.3 is 4.74 Å². The molecule has 0 spiro atoms. The molecule has 1 rings (SSSR count). The van der Waals surface area contributed by atoms with Gasteiger partial charge in [-0.2, -0.15) is 0 Å². The molecule has 0 unspecified atom stereocenters. The molecule has 0 atom stereocenters. The number of thioether (sulfide) groups is 1. The van der Waals surface area contributed by atoms with Crippen LogP contribution in [0.3, 0.4) is 0 Å². The number of hydrogen-bond acceptors (Lipinski definition) is 4. The van der Waals surface area contributed by atoms with E-state index in [1.807, 2.05) is 6.92 Å². The van der Waals surface area contributed by atoms with Crippen molar-refractivity contribution in [1.82, 2.24) is 0 Å². The monoisotopic (exact) mass is 204 g/mol. The maximum Gasteiger partial charge on any atom is 0.220 e. The van der Waals surface area contributed by atoms with Crippen molar-refractivity contribution in [3.8, 4) is 0 Å². The van der Waals surface area contributed by atoms with Gasteiger partial charge in [0.2, 0.25) is 4.38 Å². The summed E-state index contributed by atoms with van der Waals surface area (Å²) in [6.45, 7) is 2.47. The lowest BCUT2D eigenvalue weighted by Crippen LogP contribution is -2.07. The van der Waals surface area contributed by atoms with Gasteiger partial charge in [0.25, 0.3) is 0 Å². The van der Waals surface area contributed by atoms with Crippen LogP contribution in [0.1, 0.15) is 19.8 Å². The van der Waals surface area contributed by atoms with Crippen LogP contribution in [0.4, 0.5) is 0 Å². The Labute approximate surface area is 82.0 Å². The Morgan fingerprint density at radius 3 is 2.83 bits per heavy atom. The number of ether oxygens (including phenoxy) is 1. The third kappa shape index (κ3) is 3.54. The van der Waals surface area contributed by atoms with E-state index < -0.39 is 0 Å². The first-order chi connectivity index (χ1) is 5.74. The Morgan fingerprint density at radius 2 is 2.33 bits per heavy atom. The lowest BCUT2D eigenvalue weighted by atomic mass is 10.3. The van der Waals surface area contributed by atoms with Crippen molar-refractivity contribution in [3.05, 3.63) is 0 Å². The lowest BCUT2D eigenvalue weighted by Gasteiger charge is -2.02. The SMILES string of the molecule is CCOC(=S)SCC(=O)C1CC1. The number of carbonyl (C=O) groups excluding carboxylic acids is 1. The van der Waals surface area contributed by atoms with Gasteiger partial charge in [0.15, 0.2) is 0 Å². The van der Waals surface area contributed by atoms with Crippen LogP contribution in [0.2, 0.25) is 0 Å². The van der Waals surface area contributed by atoms with Crippen LogP contribution in [0.25, 0.3) is 0 Å². The van der Waals surface area contributed by atoms with Crippen LogP contribution in [0.5, 0.6) is 0 Å². The molecule has 0 aromatic heterocycles. The lowest BCUT2D eigenvalue weighted by molar-refractivity contribution is -0.117. The minimum Gasteiger partial charge on any atom is -0.479 e. The van der Waals surface area contributed by atoms with Crippen molar-refractivity contribution in [1.29, 1.82) is 0 Å². The van der Waals surface area contributed by atoms with Gasteiger partial charge in [-0.3, -0.25) is 4.79 Å². The summed E-state index contributed by atoms with van der Waals surface area (Å²) in [5.41, 5.74) is 0. The van der Waals surface area contributed by atoms with Crippen LogP contribution in [-0.2, 0) is 9.53 Å². The van der Waals surface area contributed by atoms with Crippen molar-refractivity contribution < 1.29 is 9.53 Å². The fourth-order valence-electron chi connectivity index (χ4n) is 0.813. The van der Waals surface area contributed by atoms with Gasteiger partial charge in [0, 0.05) is 5.92 Å². The maximum absolute atomic E-state index is 11.2. The molecule has 0 aromatic carbocycles. The second-order valence-electron chi connectivity index (χ2n) is 2.71.